The first-order valence-corrected chi connectivity index (χ1v) is 8.23. The molecular formula is C18H33NO. The molecule has 1 amide bonds. The number of hydrogen-bond donors (Lipinski definition) is 0. The van der Waals surface area contributed by atoms with Crippen LogP contribution in [0.3, 0.4) is 0 Å². The van der Waals surface area contributed by atoms with Crippen molar-refractivity contribution in [2.45, 2.75) is 71.1 Å². The van der Waals surface area contributed by atoms with Crippen molar-refractivity contribution in [1.29, 1.82) is 0 Å². The Bertz CT molecular complexity index is 279. The molecule has 0 aromatic rings. The quantitative estimate of drug-likeness (QED) is 0.276. The summed E-state index contributed by atoms with van der Waals surface area (Å²) in [4.78, 5) is 12.8. The topological polar surface area (TPSA) is 20.3 Å². The molecule has 0 aliphatic heterocycles. The van der Waals surface area contributed by atoms with Crippen molar-refractivity contribution in [3.05, 3.63) is 24.3 Å². The van der Waals surface area contributed by atoms with Gasteiger partial charge >= 0.3 is 0 Å². The Morgan fingerprint density at radius 3 is 1.95 bits per heavy atom. The van der Waals surface area contributed by atoms with Crippen molar-refractivity contribution in [2.75, 3.05) is 14.1 Å². The number of nitrogens with zero attached hydrogens (tertiary/aromatic N) is 1. The first kappa shape index (κ1) is 18.9. The molecule has 2 nitrogen and oxygen atoms in total. The van der Waals surface area contributed by atoms with Crippen LogP contribution in [0.4, 0.5) is 0 Å². The van der Waals surface area contributed by atoms with E-state index in [1.807, 2.05) is 12.2 Å². The highest BCUT2D eigenvalue weighted by Crippen LogP contribution is 2.10. The highest BCUT2D eigenvalue weighted by molar-refractivity contribution is 5.87. The van der Waals surface area contributed by atoms with E-state index < -0.39 is 0 Å². The maximum absolute atomic E-state index is 11.2. The molecule has 0 aliphatic rings. The van der Waals surface area contributed by atoms with E-state index in [-0.39, 0.29) is 5.91 Å². The number of hydrogen-bond acceptors (Lipinski definition) is 1. The minimum absolute atomic E-state index is 0.0396. The van der Waals surface area contributed by atoms with Gasteiger partial charge in [0.1, 0.15) is 0 Å². The van der Waals surface area contributed by atoms with Gasteiger partial charge in [0.05, 0.1) is 0 Å². The van der Waals surface area contributed by atoms with E-state index in [2.05, 4.69) is 13.0 Å². The third kappa shape index (κ3) is 13.4. The summed E-state index contributed by atoms with van der Waals surface area (Å²) >= 11 is 0. The summed E-state index contributed by atoms with van der Waals surface area (Å²) in [5, 5.41) is 0. The van der Waals surface area contributed by atoms with Gasteiger partial charge in [0.25, 0.3) is 0 Å². The minimum Gasteiger partial charge on any atom is -0.345 e. The Morgan fingerprint density at radius 2 is 1.40 bits per heavy atom. The molecule has 0 rings (SSSR count). The van der Waals surface area contributed by atoms with Gasteiger partial charge in [-0.3, -0.25) is 4.79 Å². The summed E-state index contributed by atoms with van der Waals surface area (Å²) in [7, 11) is 3.53. The van der Waals surface area contributed by atoms with Crippen molar-refractivity contribution < 1.29 is 4.79 Å². The molecule has 20 heavy (non-hydrogen) atoms. The van der Waals surface area contributed by atoms with Crippen LogP contribution >= 0.6 is 0 Å². The number of carbonyl (C=O) groups is 1. The number of unbranched alkanes of at least 4 members (excludes halogenated alkanes) is 9. The molecule has 0 fully saturated rings. The number of carbonyl (C=O) groups excluding carboxylic acids is 1. The fraction of sp³-hybridized carbons (Fsp3) is 0.722. The lowest BCUT2D eigenvalue weighted by Crippen LogP contribution is -2.18. The molecule has 0 bridgehead atoms. The first-order valence-electron chi connectivity index (χ1n) is 8.23. The van der Waals surface area contributed by atoms with E-state index in [4.69, 9.17) is 0 Å². The average Bonchev–Trinajstić information content (AvgIpc) is 2.43. The predicted molar refractivity (Wildman–Crippen MR) is 88.8 cm³/mol. The van der Waals surface area contributed by atoms with Gasteiger partial charge in [0.15, 0.2) is 0 Å². The van der Waals surface area contributed by atoms with E-state index in [0.29, 0.717) is 0 Å². The number of rotatable bonds is 12. The maximum Gasteiger partial charge on any atom is 0.246 e. The van der Waals surface area contributed by atoms with Crippen molar-refractivity contribution in [3.63, 3.8) is 0 Å². The van der Waals surface area contributed by atoms with Crippen molar-refractivity contribution in [2.24, 2.45) is 0 Å². The van der Waals surface area contributed by atoms with Crippen molar-refractivity contribution >= 4 is 5.91 Å². The van der Waals surface area contributed by atoms with Gasteiger partial charge in [0.2, 0.25) is 5.91 Å². The lowest BCUT2D eigenvalue weighted by atomic mass is 10.1. The smallest absolute Gasteiger partial charge is 0.246 e. The second-order valence-electron chi connectivity index (χ2n) is 5.64. The standard InChI is InChI=1S/C18H33NO/c1-4-5-6-7-8-9-10-11-12-13-14-15-16-17-18(20)19(2)3/h14-17H,4-13H2,1-3H3/b15-14+,17-16+. The molecule has 0 heterocycles. The molecule has 0 radical (unpaired) electrons. The Morgan fingerprint density at radius 1 is 0.850 bits per heavy atom. The molecule has 0 aromatic carbocycles. The summed E-state index contributed by atoms with van der Waals surface area (Å²) in [6.07, 6.45) is 21.0. The lowest BCUT2D eigenvalue weighted by Gasteiger charge is -2.04. The van der Waals surface area contributed by atoms with Crippen LogP contribution in [0.5, 0.6) is 0 Å². The highest BCUT2D eigenvalue weighted by Gasteiger charge is 1.94. The summed E-state index contributed by atoms with van der Waals surface area (Å²) in [5.74, 6) is 0.0396. The van der Waals surface area contributed by atoms with E-state index in [1.54, 1.807) is 25.1 Å². The first-order chi connectivity index (χ1) is 9.68. The Balaban J connectivity index is 3.29. The minimum atomic E-state index is 0.0396. The predicted octanol–water partition coefficient (Wildman–Crippen LogP) is 5.11. The van der Waals surface area contributed by atoms with Gasteiger partial charge in [0, 0.05) is 20.2 Å². The summed E-state index contributed by atoms with van der Waals surface area (Å²) in [5.41, 5.74) is 0. The maximum atomic E-state index is 11.2. The van der Waals surface area contributed by atoms with Gasteiger partial charge in [-0.05, 0) is 12.8 Å². The Kier molecular flexibility index (Phi) is 13.6. The van der Waals surface area contributed by atoms with E-state index in [0.717, 1.165) is 6.42 Å². The molecule has 0 aromatic heterocycles. The molecule has 0 spiro atoms. The molecule has 0 saturated heterocycles. The second-order valence-corrected chi connectivity index (χ2v) is 5.64. The number of likely N-dealkylation sites (N-methyl/N-ethyl adjacent to an activating group) is 1. The highest BCUT2D eigenvalue weighted by atomic mass is 16.2. The van der Waals surface area contributed by atoms with Gasteiger partial charge in [-0.25, -0.2) is 0 Å². The Labute approximate surface area is 125 Å². The van der Waals surface area contributed by atoms with Crippen LogP contribution in [0.2, 0.25) is 0 Å². The van der Waals surface area contributed by atoms with Gasteiger partial charge in [-0.15, -0.1) is 0 Å². The number of allylic oxidation sites excluding steroid dienone is 3. The van der Waals surface area contributed by atoms with E-state index >= 15 is 0 Å². The van der Waals surface area contributed by atoms with E-state index in [9.17, 15) is 4.79 Å². The van der Waals surface area contributed by atoms with Crippen LogP contribution in [-0.4, -0.2) is 24.9 Å². The lowest BCUT2D eigenvalue weighted by molar-refractivity contribution is -0.123. The molecular weight excluding hydrogens is 246 g/mol. The van der Waals surface area contributed by atoms with E-state index in [1.165, 1.54) is 57.8 Å². The van der Waals surface area contributed by atoms with Crippen LogP contribution < -0.4 is 0 Å². The third-order valence-electron chi connectivity index (χ3n) is 3.40. The van der Waals surface area contributed by atoms with Crippen LogP contribution in [0, 0.1) is 0 Å². The summed E-state index contributed by atoms with van der Waals surface area (Å²) in [6, 6.07) is 0. The normalized spacial score (nSPS) is 11.6. The number of amides is 1. The zero-order valence-electron chi connectivity index (χ0n) is 13.7. The van der Waals surface area contributed by atoms with Crippen molar-refractivity contribution in [3.8, 4) is 0 Å². The molecule has 0 N–H and O–H groups in total. The van der Waals surface area contributed by atoms with Gasteiger partial charge < -0.3 is 4.90 Å². The van der Waals surface area contributed by atoms with Crippen LogP contribution in [0.25, 0.3) is 0 Å². The SMILES string of the molecule is CCCCCCCCCCC/C=C/C=C/C(=O)N(C)C. The monoisotopic (exact) mass is 279 g/mol. The summed E-state index contributed by atoms with van der Waals surface area (Å²) < 4.78 is 0. The molecule has 0 aliphatic carbocycles. The van der Waals surface area contributed by atoms with Gasteiger partial charge in [-0.1, -0.05) is 76.5 Å². The Hall–Kier alpha value is -1.05. The van der Waals surface area contributed by atoms with Crippen LogP contribution in [0.1, 0.15) is 71.1 Å². The zero-order chi connectivity index (χ0) is 15.1. The summed E-state index contributed by atoms with van der Waals surface area (Å²) in [6.45, 7) is 2.26. The van der Waals surface area contributed by atoms with Crippen molar-refractivity contribution in [1.82, 2.24) is 4.90 Å². The molecule has 0 unspecified atom stereocenters. The molecule has 116 valence electrons. The van der Waals surface area contributed by atoms with Crippen LogP contribution in [-0.2, 0) is 4.79 Å². The second kappa shape index (κ2) is 14.4. The molecule has 0 atom stereocenters. The fourth-order valence-electron chi connectivity index (χ4n) is 2.03. The fourth-order valence-corrected chi connectivity index (χ4v) is 2.03. The van der Waals surface area contributed by atoms with Crippen LogP contribution in [0.15, 0.2) is 24.3 Å². The largest absolute Gasteiger partial charge is 0.345 e. The molecule has 0 saturated carbocycles. The third-order valence-corrected chi connectivity index (χ3v) is 3.40. The average molecular weight is 279 g/mol. The molecule has 2 heteroatoms. The van der Waals surface area contributed by atoms with Gasteiger partial charge in [-0.2, -0.15) is 0 Å². The zero-order valence-corrected chi connectivity index (χ0v) is 13.7.